The van der Waals surface area contributed by atoms with Crippen LogP contribution in [-0.2, 0) is 34.6 Å². The van der Waals surface area contributed by atoms with E-state index in [1.54, 1.807) is 36.5 Å². The van der Waals surface area contributed by atoms with Crippen LogP contribution in [0.25, 0.3) is 10.9 Å². The molecule has 3 heterocycles. The summed E-state index contributed by atoms with van der Waals surface area (Å²) < 4.78 is 52.9. The molecule has 1 aliphatic rings. The number of esters is 1. The minimum Gasteiger partial charge on any atom is -0.459 e. The highest BCUT2D eigenvalue weighted by atomic mass is 35.5. The average molecular weight is 601 g/mol. The number of aromatic nitrogens is 2. The number of rotatable bonds is 5. The minimum absolute atomic E-state index is 0.0164. The number of nitrogens with one attached hydrogen (secondary N) is 2. The first-order chi connectivity index (χ1) is 19.8. The third kappa shape index (κ3) is 6.52. The van der Waals surface area contributed by atoms with Crippen molar-refractivity contribution >= 4 is 40.2 Å². The molecule has 2 aromatic heterocycles. The third-order valence-electron chi connectivity index (χ3n) is 6.55. The summed E-state index contributed by atoms with van der Waals surface area (Å²) in [5, 5.41) is 6.40. The molecule has 1 unspecified atom stereocenters. The molecule has 42 heavy (non-hydrogen) atoms. The van der Waals surface area contributed by atoms with Crippen LogP contribution in [0.5, 0.6) is 11.5 Å². The second kappa shape index (κ2) is 11.3. The topological polar surface area (TPSA) is 94.5 Å². The van der Waals surface area contributed by atoms with Crippen LogP contribution >= 0.6 is 11.6 Å². The Bertz CT molecular complexity index is 1660. The first kappa shape index (κ1) is 29.4. The molecule has 4 aromatic rings. The smallest absolute Gasteiger partial charge is 0.416 e. The zero-order valence-electron chi connectivity index (χ0n) is 23.0. The fourth-order valence-corrected chi connectivity index (χ4v) is 4.84. The normalized spacial score (nSPS) is 15.3. The van der Waals surface area contributed by atoms with Crippen molar-refractivity contribution in [1.29, 1.82) is 0 Å². The van der Waals surface area contributed by atoms with Crippen molar-refractivity contribution in [3.05, 3.63) is 83.3 Å². The zero-order chi connectivity index (χ0) is 30.2. The van der Waals surface area contributed by atoms with E-state index in [0.717, 1.165) is 23.4 Å². The van der Waals surface area contributed by atoms with E-state index in [9.17, 15) is 22.8 Å². The quantitative estimate of drug-likeness (QED) is 0.189. The van der Waals surface area contributed by atoms with Gasteiger partial charge in [0.05, 0.1) is 16.8 Å². The fourth-order valence-electron chi connectivity index (χ4n) is 4.68. The predicted molar refractivity (Wildman–Crippen MR) is 152 cm³/mol. The standard InChI is InChI=1S/C30H28ClF3N4O4/c1-29(2,3)42-27(39)24-14-23-22(16-36-24)26(6-8-35-23)41-21-4-5-25-18(12-21)7-9-38(25)28(40)37-20-11-17(15-31)10-19(13-20)30(32,33)34/h4-13,24,36H,14-16H2,1-3H3,(H,37,40). The molecule has 12 heteroatoms. The van der Waals surface area contributed by atoms with Crippen LogP contribution in [0, 0.1) is 0 Å². The molecule has 0 aliphatic carbocycles. The molecule has 2 aromatic carbocycles. The van der Waals surface area contributed by atoms with Crippen LogP contribution in [0.1, 0.15) is 43.2 Å². The van der Waals surface area contributed by atoms with Crippen LogP contribution in [0.3, 0.4) is 0 Å². The lowest BCUT2D eigenvalue weighted by Crippen LogP contribution is -2.45. The predicted octanol–water partition coefficient (Wildman–Crippen LogP) is 7.02. The highest BCUT2D eigenvalue weighted by Crippen LogP contribution is 2.34. The molecule has 0 bridgehead atoms. The summed E-state index contributed by atoms with van der Waals surface area (Å²) in [6.45, 7) is 5.81. The molecule has 0 saturated carbocycles. The van der Waals surface area contributed by atoms with Crippen molar-refractivity contribution in [1.82, 2.24) is 14.9 Å². The second-order valence-corrected chi connectivity index (χ2v) is 11.2. The molecule has 0 radical (unpaired) electrons. The lowest BCUT2D eigenvalue weighted by Gasteiger charge is -2.28. The summed E-state index contributed by atoms with van der Waals surface area (Å²) in [7, 11) is 0. The van der Waals surface area contributed by atoms with E-state index in [4.69, 9.17) is 21.1 Å². The fraction of sp³-hybridized carbons (Fsp3) is 0.300. The Balaban J connectivity index is 1.32. The number of nitrogens with zero attached hydrogens (tertiary/aromatic N) is 2. The number of carbonyl (C=O) groups excluding carboxylic acids is 2. The van der Waals surface area contributed by atoms with Gasteiger partial charge < -0.3 is 14.8 Å². The van der Waals surface area contributed by atoms with Crippen molar-refractivity contribution in [2.24, 2.45) is 0 Å². The molecule has 0 saturated heterocycles. The van der Waals surface area contributed by atoms with E-state index in [-0.39, 0.29) is 23.1 Å². The maximum Gasteiger partial charge on any atom is 0.416 e. The first-order valence-corrected chi connectivity index (χ1v) is 13.6. The Morgan fingerprint density at radius 3 is 2.62 bits per heavy atom. The lowest BCUT2D eigenvalue weighted by molar-refractivity contribution is -0.157. The van der Waals surface area contributed by atoms with Crippen LogP contribution in [0.2, 0.25) is 0 Å². The summed E-state index contributed by atoms with van der Waals surface area (Å²) in [6, 6.07) is 10.6. The van der Waals surface area contributed by atoms with Gasteiger partial charge in [0.1, 0.15) is 23.1 Å². The number of anilines is 1. The molecule has 8 nitrogen and oxygen atoms in total. The van der Waals surface area contributed by atoms with E-state index in [2.05, 4.69) is 15.6 Å². The number of alkyl halides is 4. The molecular weight excluding hydrogens is 573 g/mol. The zero-order valence-corrected chi connectivity index (χ0v) is 23.8. The Hall–Kier alpha value is -4.09. The van der Waals surface area contributed by atoms with Crippen molar-refractivity contribution < 1.29 is 32.2 Å². The Morgan fingerprint density at radius 1 is 1.12 bits per heavy atom. The van der Waals surface area contributed by atoms with E-state index in [1.807, 2.05) is 20.8 Å². The Labute approximate surface area is 244 Å². The van der Waals surface area contributed by atoms with Gasteiger partial charge >= 0.3 is 18.2 Å². The number of halogens is 4. The van der Waals surface area contributed by atoms with Crippen LogP contribution < -0.4 is 15.4 Å². The molecule has 1 amide bonds. The molecule has 5 rings (SSSR count). The Morgan fingerprint density at radius 2 is 1.90 bits per heavy atom. The SMILES string of the molecule is CC(C)(C)OC(=O)C1Cc2nccc(Oc3ccc4c(ccn4C(=O)Nc4cc(CCl)cc(C(F)(F)F)c4)c3)c2CN1. The third-order valence-corrected chi connectivity index (χ3v) is 6.86. The molecule has 1 aliphatic heterocycles. The number of hydrogen-bond acceptors (Lipinski definition) is 6. The van der Waals surface area contributed by atoms with Gasteiger partial charge in [0.15, 0.2) is 0 Å². The van der Waals surface area contributed by atoms with Crippen molar-refractivity contribution in [3.63, 3.8) is 0 Å². The molecule has 0 spiro atoms. The highest BCUT2D eigenvalue weighted by molar-refractivity contribution is 6.17. The number of benzene rings is 2. The number of carbonyl (C=O) groups is 2. The molecule has 220 valence electrons. The summed E-state index contributed by atoms with van der Waals surface area (Å²) in [5.74, 6) is 0.607. The molecule has 2 N–H and O–H groups in total. The minimum atomic E-state index is -4.58. The number of ether oxygens (including phenoxy) is 2. The highest BCUT2D eigenvalue weighted by Gasteiger charge is 2.32. The largest absolute Gasteiger partial charge is 0.459 e. The van der Waals surface area contributed by atoms with Gasteiger partial charge in [-0.25, -0.2) is 4.79 Å². The maximum atomic E-state index is 13.3. The van der Waals surface area contributed by atoms with E-state index >= 15 is 0 Å². The Kier molecular flexibility index (Phi) is 7.91. The first-order valence-electron chi connectivity index (χ1n) is 13.1. The van der Waals surface area contributed by atoms with Crippen LogP contribution in [0.4, 0.5) is 23.7 Å². The average Bonchev–Trinajstić information content (AvgIpc) is 3.35. The second-order valence-electron chi connectivity index (χ2n) is 10.9. The molecular formula is C30H28ClF3N4O4. The van der Waals surface area contributed by atoms with E-state index in [0.29, 0.717) is 35.4 Å². The van der Waals surface area contributed by atoms with Gasteiger partial charge in [-0.3, -0.25) is 19.7 Å². The number of fused-ring (bicyclic) bond motifs is 2. The van der Waals surface area contributed by atoms with Gasteiger partial charge in [-0.1, -0.05) is 0 Å². The number of amides is 1. The summed E-state index contributed by atoms with van der Waals surface area (Å²) in [5.41, 5.74) is 0.811. The number of pyridine rings is 1. The van der Waals surface area contributed by atoms with Gasteiger partial charge in [0, 0.05) is 47.9 Å². The van der Waals surface area contributed by atoms with E-state index in [1.165, 1.54) is 16.8 Å². The van der Waals surface area contributed by atoms with Crippen molar-refractivity contribution in [2.75, 3.05) is 5.32 Å². The number of hydrogen-bond donors (Lipinski definition) is 2. The van der Waals surface area contributed by atoms with Crippen molar-refractivity contribution in [2.45, 2.75) is 57.4 Å². The monoisotopic (exact) mass is 600 g/mol. The van der Waals surface area contributed by atoms with Crippen LogP contribution in [0.15, 0.2) is 60.9 Å². The van der Waals surface area contributed by atoms with Crippen LogP contribution in [-0.4, -0.2) is 33.2 Å². The van der Waals surface area contributed by atoms with E-state index < -0.39 is 29.4 Å². The molecule has 0 fully saturated rings. The van der Waals surface area contributed by atoms with Gasteiger partial charge in [-0.05, 0) is 74.9 Å². The summed E-state index contributed by atoms with van der Waals surface area (Å²) in [6.07, 6.45) is -1.08. The maximum absolute atomic E-state index is 13.3. The van der Waals surface area contributed by atoms with Gasteiger partial charge in [-0.2, -0.15) is 13.2 Å². The lowest BCUT2D eigenvalue weighted by atomic mass is 10.00. The van der Waals surface area contributed by atoms with Gasteiger partial charge in [0.2, 0.25) is 0 Å². The van der Waals surface area contributed by atoms with Gasteiger partial charge in [-0.15, -0.1) is 11.6 Å². The van der Waals surface area contributed by atoms with Gasteiger partial charge in [0.25, 0.3) is 0 Å². The summed E-state index contributed by atoms with van der Waals surface area (Å²) >= 11 is 5.76. The summed E-state index contributed by atoms with van der Waals surface area (Å²) in [4.78, 5) is 30.0. The molecule has 1 atom stereocenters. The van der Waals surface area contributed by atoms with Crippen molar-refractivity contribution in [3.8, 4) is 11.5 Å².